The van der Waals surface area contributed by atoms with Gasteiger partial charge in [0.05, 0.1) is 0 Å². The highest BCUT2D eigenvalue weighted by atomic mass is 32.2. The van der Waals surface area contributed by atoms with Crippen LogP contribution in [0, 0.1) is 5.92 Å². The number of benzene rings is 1. The van der Waals surface area contributed by atoms with Gasteiger partial charge in [0.1, 0.15) is 0 Å². The van der Waals surface area contributed by atoms with Crippen molar-refractivity contribution in [1.29, 1.82) is 0 Å². The van der Waals surface area contributed by atoms with Gasteiger partial charge in [-0.2, -0.15) is 0 Å². The van der Waals surface area contributed by atoms with Crippen LogP contribution in [0.5, 0.6) is 0 Å². The molecule has 7 heteroatoms. The molecule has 140 valence electrons. The van der Waals surface area contributed by atoms with Crippen molar-refractivity contribution in [3.8, 4) is 0 Å². The van der Waals surface area contributed by atoms with E-state index in [9.17, 15) is 9.59 Å². The molecule has 2 heterocycles. The van der Waals surface area contributed by atoms with E-state index < -0.39 is 12.2 Å². The molecule has 1 aromatic rings. The Balaban J connectivity index is 1.71. The molecule has 0 aromatic heterocycles. The summed E-state index contributed by atoms with van der Waals surface area (Å²) in [5.41, 5.74) is 1.29. The van der Waals surface area contributed by atoms with Crippen molar-refractivity contribution < 1.29 is 9.59 Å². The van der Waals surface area contributed by atoms with Crippen LogP contribution in [0.25, 0.3) is 0 Å². The van der Waals surface area contributed by atoms with Gasteiger partial charge < -0.3 is 9.80 Å². The lowest BCUT2D eigenvalue weighted by molar-refractivity contribution is -0.127. The monoisotopic (exact) mass is 374 g/mol. The molecule has 2 atom stereocenters. The maximum absolute atomic E-state index is 12.4. The van der Waals surface area contributed by atoms with Gasteiger partial charge in [0.15, 0.2) is 17.4 Å². The van der Waals surface area contributed by atoms with Gasteiger partial charge in [-0.15, -0.1) is 0 Å². The second-order valence-electron chi connectivity index (χ2n) is 7.14. The molecule has 3 rings (SSSR count). The molecule has 2 aliphatic heterocycles. The van der Waals surface area contributed by atoms with Crippen molar-refractivity contribution in [2.24, 2.45) is 10.9 Å². The summed E-state index contributed by atoms with van der Waals surface area (Å²) in [4.78, 5) is 32.7. The van der Waals surface area contributed by atoms with E-state index in [2.05, 4.69) is 36.2 Å². The number of hydrogen-bond donors (Lipinski definition) is 1. The molecule has 0 bridgehead atoms. The number of nitrogens with one attached hydrogen (secondary N) is 1. The number of urea groups is 1. The van der Waals surface area contributed by atoms with E-state index in [1.165, 1.54) is 10.5 Å². The fraction of sp³-hybridized carbons (Fsp3) is 0.526. The van der Waals surface area contributed by atoms with Gasteiger partial charge in [0.2, 0.25) is 0 Å². The minimum absolute atomic E-state index is 0.246. The van der Waals surface area contributed by atoms with Crippen LogP contribution < -0.4 is 5.32 Å². The molecule has 6 nitrogen and oxygen atoms in total. The van der Waals surface area contributed by atoms with Crippen molar-refractivity contribution >= 4 is 28.9 Å². The standard InChI is InChI=1S/C19H26N4O2S/c1-13(2)9-11-23-15-16(22(3)18(25)21-17(15)24)20-19(23)26-12-10-14-7-5-4-6-8-14/h4-8,13,15-16H,9-12H2,1-3H3,(H,21,24,25). The van der Waals surface area contributed by atoms with E-state index in [4.69, 9.17) is 4.99 Å². The quantitative estimate of drug-likeness (QED) is 0.831. The number of nitrogens with zero attached hydrogens (tertiary/aromatic N) is 3. The average molecular weight is 375 g/mol. The van der Waals surface area contributed by atoms with Gasteiger partial charge in [-0.1, -0.05) is 55.9 Å². The number of rotatable bonds is 6. The Morgan fingerprint density at radius 3 is 2.65 bits per heavy atom. The van der Waals surface area contributed by atoms with E-state index in [0.29, 0.717) is 5.92 Å². The second kappa shape index (κ2) is 8.12. The topological polar surface area (TPSA) is 65.0 Å². The molecule has 1 saturated heterocycles. The number of carbonyl (C=O) groups is 2. The number of imide groups is 1. The number of carbonyl (C=O) groups excluding carboxylic acids is 2. The van der Waals surface area contributed by atoms with Crippen LogP contribution in [-0.4, -0.2) is 58.5 Å². The molecule has 1 N–H and O–H groups in total. The third-order valence-electron chi connectivity index (χ3n) is 4.73. The summed E-state index contributed by atoms with van der Waals surface area (Å²) in [7, 11) is 1.70. The summed E-state index contributed by atoms with van der Waals surface area (Å²) >= 11 is 1.67. The van der Waals surface area contributed by atoms with Gasteiger partial charge in [0.25, 0.3) is 5.91 Å². The first-order chi connectivity index (χ1) is 12.5. The molecule has 3 amide bonds. The van der Waals surface area contributed by atoms with Crippen molar-refractivity contribution in [3.05, 3.63) is 35.9 Å². The second-order valence-corrected chi connectivity index (χ2v) is 8.20. The molecule has 0 radical (unpaired) electrons. The summed E-state index contributed by atoms with van der Waals surface area (Å²) < 4.78 is 0. The first kappa shape index (κ1) is 18.8. The highest BCUT2D eigenvalue weighted by Gasteiger charge is 2.48. The normalized spacial score (nSPS) is 22.5. The van der Waals surface area contributed by atoms with Crippen molar-refractivity contribution in [1.82, 2.24) is 15.1 Å². The molecule has 0 saturated carbocycles. The molecule has 0 aliphatic carbocycles. The highest BCUT2D eigenvalue weighted by molar-refractivity contribution is 8.13. The number of amides is 3. The summed E-state index contributed by atoms with van der Waals surface area (Å²) in [6.45, 7) is 5.11. The predicted octanol–water partition coefficient (Wildman–Crippen LogP) is 2.56. The summed E-state index contributed by atoms with van der Waals surface area (Å²) in [5.74, 6) is 1.18. The highest BCUT2D eigenvalue weighted by Crippen LogP contribution is 2.29. The molecule has 2 unspecified atom stereocenters. The Kier molecular flexibility index (Phi) is 5.86. The third kappa shape index (κ3) is 4.03. The van der Waals surface area contributed by atoms with E-state index >= 15 is 0 Å². The van der Waals surface area contributed by atoms with Crippen LogP contribution in [0.2, 0.25) is 0 Å². The molecule has 1 aromatic carbocycles. The number of fused-ring (bicyclic) bond motifs is 1. The summed E-state index contributed by atoms with van der Waals surface area (Å²) in [6, 6.07) is 9.54. The minimum atomic E-state index is -0.428. The van der Waals surface area contributed by atoms with Gasteiger partial charge in [0, 0.05) is 19.3 Å². The smallest absolute Gasteiger partial charge is 0.325 e. The zero-order valence-electron chi connectivity index (χ0n) is 15.5. The first-order valence-electron chi connectivity index (χ1n) is 9.06. The van der Waals surface area contributed by atoms with Gasteiger partial charge in [-0.25, -0.2) is 9.79 Å². The zero-order valence-corrected chi connectivity index (χ0v) is 16.3. The lowest BCUT2D eigenvalue weighted by Gasteiger charge is -2.36. The van der Waals surface area contributed by atoms with Gasteiger partial charge in [-0.05, 0) is 24.3 Å². The number of aliphatic imine (C=N–C) groups is 1. The molecular weight excluding hydrogens is 348 g/mol. The summed E-state index contributed by atoms with van der Waals surface area (Å²) in [6.07, 6.45) is 1.49. The average Bonchev–Trinajstić information content (AvgIpc) is 2.98. The molecule has 0 spiro atoms. The van der Waals surface area contributed by atoms with Gasteiger partial charge in [-0.3, -0.25) is 10.1 Å². The Bertz CT molecular complexity index is 692. The van der Waals surface area contributed by atoms with Crippen LogP contribution in [0.1, 0.15) is 25.8 Å². The fourth-order valence-corrected chi connectivity index (χ4v) is 4.23. The van der Waals surface area contributed by atoms with E-state index in [1.807, 2.05) is 18.2 Å². The van der Waals surface area contributed by atoms with Crippen molar-refractivity contribution in [2.75, 3.05) is 19.3 Å². The van der Waals surface area contributed by atoms with Crippen LogP contribution >= 0.6 is 11.8 Å². The van der Waals surface area contributed by atoms with E-state index in [-0.39, 0.29) is 11.9 Å². The molecular formula is C19H26N4O2S. The maximum Gasteiger partial charge on any atom is 0.325 e. The van der Waals surface area contributed by atoms with Crippen LogP contribution in [0.15, 0.2) is 35.3 Å². The van der Waals surface area contributed by atoms with Gasteiger partial charge >= 0.3 is 6.03 Å². The minimum Gasteiger partial charge on any atom is -0.336 e. The maximum atomic E-state index is 12.4. The first-order valence-corrected chi connectivity index (χ1v) is 10.0. The number of thioether (sulfide) groups is 1. The Labute approximate surface area is 159 Å². The largest absolute Gasteiger partial charge is 0.336 e. The fourth-order valence-electron chi connectivity index (χ4n) is 3.16. The Morgan fingerprint density at radius 2 is 1.96 bits per heavy atom. The third-order valence-corrected chi connectivity index (χ3v) is 5.74. The Morgan fingerprint density at radius 1 is 1.23 bits per heavy atom. The van der Waals surface area contributed by atoms with E-state index in [1.54, 1.807) is 18.8 Å². The summed E-state index contributed by atoms with van der Waals surface area (Å²) in [5, 5.41) is 3.31. The van der Waals surface area contributed by atoms with E-state index in [0.717, 1.165) is 30.3 Å². The predicted molar refractivity (Wildman–Crippen MR) is 105 cm³/mol. The van der Waals surface area contributed by atoms with Crippen LogP contribution in [-0.2, 0) is 11.2 Å². The molecule has 26 heavy (non-hydrogen) atoms. The van der Waals surface area contributed by atoms with Crippen molar-refractivity contribution in [2.45, 2.75) is 38.9 Å². The molecule has 1 fully saturated rings. The Hall–Kier alpha value is -2.02. The molecule has 2 aliphatic rings. The lowest BCUT2D eigenvalue weighted by Crippen LogP contribution is -2.63. The number of amidine groups is 1. The number of hydrogen-bond acceptors (Lipinski definition) is 5. The van der Waals surface area contributed by atoms with Crippen LogP contribution in [0.4, 0.5) is 4.79 Å². The number of aryl methyl sites for hydroxylation is 1. The zero-order chi connectivity index (χ0) is 18.7. The number of likely N-dealkylation sites (N-methyl/N-ethyl adjacent to an activating group) is 1. The SMILES string of the molecule is CC(C)CCN1C(SCCc2ccccc2)=NC2C1C(=O)NC(=O)N2C. The lowest BCUT2D eigenvalue weighted by atomic mass is 10.1. The van der Waals surface area contributed by atoms with Crippen molar-refractivity contribution in [3.63, 3.8) is 0 Å². The van der Waals surface area contributed by atoms with Crippen LogP contribution in [0.3, 0.4) is 0 Å².